The van der Waals surface area contributed by atoms with E-state index >= 15 is 0 Å². The lowest BCUT2D eigenvalue weighted by Gasteiger charge is -2.11. The van der Waals surface area contributed by atoms with Crippen molar-refractivity contribution in [1.82, 2.24) is 25.2 Å². The number of aromatic nitrogens is 3. The average molecular weight is 510 g/mol. The number of hydrogen-bond acceptors (Lipinski definition) is 4. The van der Waals surface area contributed by atoms with Crippen LogP contribution in [0, 0.1) is 6.92 Å². The zero-order chi connectivity index (χ0) is 18.7. The molecule has 3 aromatic rings. The van der Waals surface area contributed by atoms with Crippen LogP contribution >= 0.6 is 35.3 Å². The molecule has 11 heteroatoms. The second-order valence-corrected chi connectivity index (χ2v) is 6.57. The SMILES string of the molecule is CN=C(NCc1sccc1C)NCc1nnc2ccc(C(F)(F)F)cn12.I. The number of nitrogens with zero attached hydrogens (tertiary/aromatic N) is 4. The summed E-state index contributed by atoms with van der Waals surface area (Å²) in [6.07, 6.45) is -3.42. The predicted molar refractivity (Wildman–Crippen MR) is 109 cm³/mol. The maximum absolute atomic E-state index is 12.9. The highest BCUT2D eigenvalue weighted by Crippen LogP contribution is 2.29. The molecule has 0 fully saturated rings. The van der Waals surface area contributed by atoms with Crippen molar-refractivity contribution in [3.05, 3.63) is 51.6 Å². The number of thiophene rings is 1. The second-order valence-electron chi connectivity index (χ2n) is 5.57. The second kappa shape index (κ2) is 8.87. The van der Waals surface area contributed by atoms with Gasteiger partial charge in [-0.25, -0.2) is 0 Å². The van der Waals surface area contributed by atoms with Crippen LogP contribution in [0.25, 0.3) is 5.65 Å². The Kier molecular flexibility index (Phi) is 7.03. The van der Waals surface area contributed by atoms with E-state index in [1.807, 2.05) is 18.4 Å². The molecule has 0 atom stereocenters. The van der Waals surface area contributed by atoms with Crippen molar-refractivity contribution < 1.29 is 13.2 Å². The van der Waals surface area contributed by atoms with E-state index in [9.17, 15) is 13.2 Å². The summed E-state index contributed by atoms with van der Waals surface area (Å²) in [4.78, 5) is 5.31. The molecule has 3 rings (SSSR count). The first-order valence-corrected chi connectivity index (χ1v) is 8.65. The van der Waals surface area contributed by atoms with Crippen LogP contribution in [0.4, 0.5) is 13.2 Å². The van der Waals surface area contributed by atoms with Gasteiger partial charge in [-0.05, 0) is 36.1 Å². The fourth-order valence-electron chi connectivity index (χ4n) is 2.36. The Labute approximate surface area is 174 Å². The summed E-state index contributed by atoms with van der Waals surface area (Å²) in [6, 6.07) is 4.33. The van der Waals surface area contributed by atoms with Crippen LogP contribution in [0.5, 0.6) is 0 Å². The van der Waals surface area contributed by atoms with Crippen molar-refractivity contribution in [1.29, 1.82) is 0 Å². The minimum atomic E-state index is -4.42. The molecule has 0 aliphatic heterocycles. The molecule has 0 aliphatic rings. The van der Waals surface area contributed by atoms with E-state index in [1.54, 1.807) is 18.4 Å². The van der Waals surface area contributed by atoms with Gasteiger partial charge in [0.2, 0.25) is 0 Å². The number of halogens is 4. The van der Waals surface area contributed by atoms with Crippen LogP contribution in [0.3, 0.4) is 0 Å². The van der Waals surface area contributed by atoms with E-state index in [-0.39, 0.29) is 30.5 Å². The number of guanidine groups is 1. The minimum Gasteiger partial charge on any atom is -0.352 e. The third-order valence-corrected chi connectivity index (χ3v) is 4.85. The fraction of sp³-hybridized carbons (Fsp3) is 0.312. The Morgan fingerprint density at radius 1 is 1.19 bits per heavy atom. The zero-order valence-corrected chi connectivity index (χ0v) is 17.7. The van der Waals surface area contributed by atoms with E-state index in [4.69, 9.17) is 0 Å². The normalized spacial score (nSPS) is 12.1. The van der Waals surface area contributed by atoms with E-state index < -0.39 is 11.7 Å². The topological polar surface area (TPSA) is 66.6 Å². The highest BCUT2D eigenvalue weighted by Gasteiger charge is 2.31. The number of aryl methyl sites for hydroxylation is 1. The van der Waals surface area contributed by atoms with Crippen molar-refractivity contribution in [3.63, 3.8) is 0 Å². The summed E-state index contributed by atoms with van der Waals surface area (Å²) >= 11 is 1.65. The van der Waals surface area contributed by atoms with Crippen LogP contribution in [-0.2, 0) is 19.3 Å². The molecule has 0 amide bonds. The number of nitrogens with one attached hydrogen (secondary N) is 2. The molecule has 6 nitrogen and oxygen atoms in total. The maximum Gasteiger partial charge on any atom is 0.417 e. The van der Waals surface area contributed by atoms with Gasteiger partial charge < -0.3 is 10.6 Å². The first-order chi connectivity index (χ1) is 12.4. The van der Waals surface area contributed by atoms with E-state index in [2.05, 4.69) is 25.8 Å². The van der Waals surface area contributed by atoms with Crippen LogP contribution in [-0.4, -0.2) is 27.6 Å². The quantitative estimate of drug-likeness (QED) is 0.320. The van der Waals surface area contributed by atoms with Gasteiger partial charge in [-0.15, -0.1) is 45.5 Å². The summed E-state index contributed by atoms with van der Waals surface area (Å²) in [5.41, 5.74) is 0.801. The highest BCUT2D eigenvalue weighted by atomic mass is 127. The number of alkyl halides is 3. The Bertz CT molecular complexity index is 934. The smallest absolute Gasteiger partial charge is 0.352 e. The van der Waals surface area contributed by atoms with E-state index in [0.717, 1.165) is 12.3 Å². The highest BCUT2D eigenvalue weighted by molar-refractivity contribution is 14.0. The number of pyridine rings is 1. The monoisotopic (exact) mass is 510 g/mol. The van der Waals surface area contributed by atoms with Crippen molar-refractivity contribution in [3.8, 4) is 0 Å². The van der Waals surface area contributed by atoms with Crippen molar-refractivity contribution in [2.45, 2.75) is 26.2 Å². The van der Waals surface area contributed by atoms with Crippen LogP contribution in [0.1, 0.15) is 21.8 Å². The molecule has 0 saturated heterocycles. The average Bonchev–Trinajstić information content (AvgIpc) is 3.20. The van der Waals surface area contributed by atoms with Gasteiger partial charge in [0.05, 0.1) is 18.7 Å². The fourth-order valence-corrected chi connectivity index (χ4v) is 3.20. The van der Waals surface area contributed by atoms with E-state index in [0.29, 0.717) is 24.0 Å². The van der Waals surface area contributed by atoms with Gasteiger partial charge in [-0.3, -0.25) is 9.39 Å². The number of fused-ring (bicyclic) bond motifs is 1. The Hall–Kier alpha value is -1.89. The number of hydrogen-bond donors (Lipinski definition) is 2. The van der Waals surface area contributed by atoms with Gasteiger partial charge in [-0.1, -0.05) is 0 Å². The third kappa shape index (κ3) is 5.09. The first-order valence-electron chi connectivity index (χ1n) is 7.77. The summed E-state index contributed by atoms with van der Waals surface area (Å²) in [5, 5.41) is 16.1. The Balaban J connectivity index is 0.00000261. The van der Waals surface area contributed by atoms with Crippen LogP contribution in [0.15, 0.2) is 34.8 Å². The first kappa shape index (κ1) is 21.4. The zero-order valence-electron chi connectivity index (χ0n) is 14.5. The number of rotatable bonds is 4. The lowest BCUT2D eigenvalue weighted by molar-refractivity contribution is -0.137. The maximum atomic E-state index is 12.9. The lowest BCUT2D eigenvalue weighted by Crippen LogP contribution is -2.36. The Morgan fingerprint density at radius 2 is 1.93 bits per heavy atom. The summed E-state index contributed by atoms with van der Waals surface area (Å²) in [7, 11) is 1.63. The molecule has 3 aromatic heterocycles. The van der Waals surface area contributed by atoms with Crippen LogP contribution in [0.2, 0.25) is 0 Å². The van der Waals surface area contributed by atoms with Crippen molar-refractivity contribution >= 4 is 46.9 Å². The molecule has 3 heterocycles. The molecule has 0 radical (unpaired) electrons. The van der Waals surface area contributed by atoms with Gasteiger partial charge in [0, 0.05) is 18.1 Å². The molecule has 0 unspecified atom stereocenters. The molecular formula is C16H18F3IN6S. The molecule has 0 aliphatic carbocycles. The van der Waals surface area contributed by atoms with Gasteiger partial charge in [0.15, 0.2) is 17.4 Å². The number of aliphatic imine (C=N–C) groups is 1. The van der Waals surface area contributed by atoms with Gasteiger partial charge in [-0.2, -0.15) is 13.2 Å². The van der Waals surface area contributed by atoms with Gasteiger partial charge in [0.25, 0.3) is 0 Å². The molecule has 146 valence electrons. The third-order valence-electron chi connectivity index (χ3n) is 3.82. The predicted octanol–water partition coefficient (Wildman–Crippen LogP) is 3.60. The molecular weight excluding hydrogens is 492 g/mol. The Morgan fingerprint density at radius 3 is 2.56 bits per heavy atom. The van der Waals surface area contributed by atoms with Gasteiger partial charge >= 0.3 is 6.18 Å². The molecule has 0 aromatic carbocycles. The molecule has 0 spiro atoms. The minimum absolute atomic E-state index is 0. The molecule has 0 saturated carbocycles. The molecule has 27 heavy (non-hydrogen) atoms. The molecule has 0 bridgehead atoms. The van der Waals surface area contributed by atoms with Crippen LogP contribution < -0.4 is 10.6 Å². The van der Waals surface area contributed by atoms with Gasteiger partial charge in [0.1, 0.15) is 0 Å². The molecule has 2 N–H and O–H groups in total. The summed E-state index contributed by atoms with van der Waals surface area (Å²) in [6.45, 7) is 2.83. The lowest BCUT2D eigenvalue weighted by atomic mass is 10.3. The van der Waals surface area contributed by atoms with Crippen molar-refractivity contribution in [2.75, 3.05) is 7.05 Å². The summed E-state index contributed by atoms with van der Waals surface area (Å²) in [5.74, 6) is 0.892. The van der Waals surface area contributed by atoms with E-state index in [1.165, 1.54) is 20.9 Å². The largest absolute Gasteiger partial charge is 0.417 e. The standard InChI is InChI=1S/C16H17F3N6S.HI/c1-10-5-6-26-12(10)7-21-15(20-2)22-8-14-24-23-13-4-3-11(9-25(13)14)16(17,18)19;/h3-6,9H,7-8H2,1-2H3,(H2,20,21,22);1H. The summed E-state index contributed by atoms with van der Waals surface area (Å²) < 4.78 is 40.0. The van der Waals surface area contributed by atoms with Crippen molar-refractivity contribution in [2.24, 2.45) is 4.99 Å².